The second-order valence-electron chi connectivity index (χ2n) is 2.76. The number of rotatable bonds is 3. The van der Waals surface area contributed by atoms with E-state index in [0.717, 1.165) is 19.2 Å². The molecule has 0 spiro atoms. The van der Waals surface area contributed by atoms with Crippen molar-refractivity contribution in [3.63, 3.8) is 0 Å². The molecule has 0 bridgehead atoms. The summed E-state index contributed by atoms with van der Waals surface area (Å²) in [5, 5.41) is 26.3. The number of carboxylic acid groups (broad SMARTS) is 1. The molecule has 0 aliphatic rings. The van der Waals surface area contributed by atoms with Gasteiger partial charge in [-0.1, -0.05) is 0 Å². The molecule has 0 unspecified atom stereocenters. The van der Waals surface area contributed by atoms with E-state index in [-0.39, 0.29) is 5.46 Å². The minimum atomic E-state index is -1.93. The molecule has 1 rings (SSSR count). The number of benzene rings is 1. The van der Waals surface area contributed by atoms with Gasteiger partial charge in [-0.2, -0.15) is 0 Å². The summed E-state index contributed by atoms with van der Waals surface area (Å²) in [6.45, 7) is 0. The predicted molar refractivity (Wildman–Crippen MR) is 49.7 cm³/mol. The van der Waals surface area contributed by atoms with Crippen LogP contribution in [-0.2, 0) is 0 Å². The first kappa shape index (κ1) is 11.5. The summed E-state index contributed by atoms with van der Waals surface area (Å²) < 4.78 is 17.8. The van der Waals surface area contributed by atoms with E-state index >= 15 is 0 Å². The number of halogens is 1. The van der Waals surface area contributed by atoms with Crippen LogP contribution in [-0.4, -0.2) is 35.4 Å². The third-order valence-corrected chi connectivity index (χ3v) is 1.80. The van der Waals surface area contributed by atoms with Crippen molar-refractivity contribution >= 4 is 18.6 Å². The number of ether oxygens (including phenoxy) is 1. The Morgan fingerprint density at radius 1 is 1.47 bits per heavy atom. The van der Waals surface area contributed by atoms with Crippen LogP contribution in [0.2, 0.25) is 0 Å². The zero-order chi connectivity index (χ0) is 11.6. The molecular weight excluding hydrogens is 206 g/mol. The summed E-state index contributed by atoms with van der Waals surface area (Å²) in [6.07, 6.45) is 0. The van der Waals surface area contributed by atoms with E-state index in [1.807, 2.05) is 0 Å². The highest BCUT2D eigenvalue weighted by atomic mass is 19.1. The van der Waals surface area contributed by atoms with Crippen molar-refractivity contribution in [1.82, 2.24) is 0 Å². The zero-order valence-corrected chi connectivity index (χ0v) is 7.77. The van der Waals surface area contributed by atoms with E-state index < -0.39 is 30.2 Å². The molecule has 3 N–H and O–H groups in total. The molecule has 0 atom stereocenters. The van der Waals surface area contributed by atoms with E-state index in [2.05, 4.69) is 4.74 Å². The van der Waals surface area contributed by atoms with Crippen LogP contribution in [0.25, 0.3) is 0 Å². The van der Waals surface area contributed by atoms with Crippen molar-refractivity contribution in [2.75, 3.05) is 7.11 Å². The SMILES string of the molecule is COc1c(F)cc(B(O)O)cc1C(=O)O. The summed E-state index contributed by atoms with van der Waals surface area (Å²) >= 11 is 0. The Morgan fingerprint density at radius 3 is 2.47 bits per heavy atom. The highest BCUT2D eigenvalue weighted by Crippen LogP contribution is 2.21. The van der Waals surface area contributed by atoms with Crippen molar-refractivity contribution in [1.29, 1.82) is 0 Å². The van der Waals surface area contributed by atoms with Crippen LogP contribution in [0.3, 0.4) is 0 Å². The molecule has 80 valence electrons. The lowest BCUT2D eigenvalue weighted by atomic mass is 9.79. The van der Waals surface area contributed by atoms with Crippen LogP contribution in [0.5, 0.6) is 5.75 Å². The Labute approximate surface area is 84.9 Å². The maximum atomic E-state index is 13.2. The Bertz CT molecular complexity index is 393. The minimum absolute atomic E-state index is 0.245. The molecule has 15 heavy (non-hydrogen) atoms. The quantitative estimate of drug-likeness (QED) is 0.574. The molecule has 0 heterocycles. The monoisotopic (exact) mass is 214 g/mol. The Morgan fingerprint density at radius 2 is 2.07 bits per heavy atom. The first-order valence-corrected chi connectivity index (χ1v) is 3.94. The fraction of sp³-hybridized carbons (Fsp3) is 0.125. The van der Waals surface area contributed by atoms with Crippen molar-refractivity contribution < 1.29 is 29.1 Å². The molecule has 1 aromatic rings. The van der Waals surface area contributed by atoms with E-state index in [9.17, 15) is 9.18 Å². The minimum Gasteiger partial charge on any atom is -0.493 e. The van der Waals surface area contributed by atoms with E-state index in [0.29, 0.717) is 0 Å². The van der Waals surface area contributed by atoms with Gasteiger partial charge in [0.25, 0.3) is 0 Å². The molecule has 7 heteroatoms. The molecule has 0 saturated heterocycles. The number of hydrogen-bond acceptors (Lipinski definition) is 4. The van der Waals surface area contributed by atoms with Gasteiger partial charge in [0.2, 0.25) is 0 Å². The average Bonchev–Trinajstić information content (AvgIpc) is 2.16. The third-order valence-electron chi connectivity index (χ3n) is 1.80. The molecule has 0 amide bonds. The highest BCUT2D eigenvalue weighted by Gasteiger charge is 2.21. The first-order valence-electron chi connectivity index (χ1n) is 3.94. The average molecular weight is 214 g/mol. The maximum Gasteiger partial charge on any atom is 0.488 e. The molecule has 0 aliphatic carbocycles. The number of carbonyl (C=O) groups is 1. The fourth-order valence-corrected chi connectivity index (χ4v) is 1.13. The van der Waals surface area contributed by atoms with Gasteiger partial charge in [0.05, 0.1) is 7.11 Å². The van der Waals surface area contributed by atoms with Crippen LogP contribution in [0.4, 0.5) is 4.39 Å². The van der Waals surface area contributed by atoms with Gasteiger partial charge in [-0.3, -0.25) is 0 Å². The van der Waals surface area contributed by atoms with Crippen LogP contribution < -0.4 is 10.2 Å². The lowest BCUT2D eigenvalue weighted by Gasteiger charge is -2.08. The summed E-state index contributed by atoms with van der Waals surface area (Å²) in [5.41, 5.74) is -0.702. The van der Waals surface area contributed by atoms with Gasteiger partial charge in [0.15, 0.2) is 11.6 Å². The molecule has 0 saturated carbocycles. The van der Waals surface area contributed by atoms with Gasteiger partial charge >= 0.3 is 13.1 Å². The van der Waals surface area contributed by atoms with E-state index in [1.165, 1.54) is 0 Å². The molecule has 0 fully saturated rings. The van der Waals surface area contributed by atoms with Crippen molar-refractivity contribution in [2.45, 2.75) is 0 Å². The Kier molecular flexibility index (Phi) is 3.28. The normalized spacial score (nSPS) is 9.87. The summed E-state index contributed by atoms with van der Waals surface area (Å²) in [7, 11) is -0.802. The van der Waals surface area contributed by atoms with Crippen molar-refractivity contribution in [3.05, 3.63) is 23.5 Å². The first-order chi connectivity index (χ1) is 6.97. The van der Waals surface area contributed by atoms with Crippen LogP contribution in [0.15, 0.2) is 12.1 Å². The Balaban J connectivity index is 3.38. The van der Waals surface area contributed by atoms with Crippen molar-refractivity contribution in [3.8, 4) is 5.75 Å². The van der Waals surface area contributed by atoms with Gasteiger partial charge in [-0.15, -0.1) is 0 Å². The number of methoxy groups -OCH3 is 1. The van der Waals surface area contributed by atoms with Gasteiger partial charge in [-0.05, 0) is 17.6 Å². The highest BCUT2D eigenvalue weighted by molar-refractivity contribution is 6.58. The van der Waals surface area contributed by atoms with Gasteiger partial charge in [0, 0.05) is 0 Å². The fourth-order valence-electron chi connectivity index (χ4n) is 1.13. The number of hydrogen-bond donors (Lipinski definition) is 3. The lowest BCUT2D eigenvalue weighted by molar-refractivity contribution is 0.0692. The molecule has 1 aromatic carbocycles. The van der Waals surface area contributed by atoms with E-state index in [4.69, 9.17) is 15.2 Å². The molecule has 0 radical (unpaired) electrons. The van der Waals surface area contributed by atoms with Crippen LogP contribution >= 0.6 is 0 Å². The Hall–Kier alpha value is -1.60. The third kappa shape index (κ3) is 2.25. The second-order valence-corrected chi connectivity index (χ2v) is 2.76. The van der Waals surface area contributed by atoms with Gasteiger partial charge in [0.1, 0.15) is 5.56 Å². The molecule has 0 aliphatic heterocycles. The summed E-state index contributed by atoms with van der Waals surface area (Å²) in [6, 6.07) is 1.74. The molecule has 0 aromatic heterocycles. The van der Waals surface area contributed by atoms with Gasteiger partial charge in [-0.25, -0.2) is 9.18 Å². The largest absolute Gasteiger partial charge is 0.493 e. The van der Waals surface area contributed by atoms with Crippen molar-refractivity contribution in [2.24, 2.45) is 0 Å². The van der Waals surface area contributed by atoms with E-state index in [1.54, 1.807) is 0 Å². The number of carboxylic acids is 1. The second kappa shape index (κ2) is 4.29. The van der Waals surface area contributed by atoms with Gasteiger partial charge < -0.3 is 19.9 Å². The standard InChI is InChI=1S/C8H8BFO5/c1-15-7-5(8(11)12)2-4(9(13)14)3-6(7)10/h2-3,13-14H,1H3,(H,11,12). The topological polar surface area (TPSA) is 87.0 Å². The summed E-state index contributed by atoms with van der Waals surface area (Å²) in [4.78, 5) is 10.7. The van der Waals surface area contributed by atoms with Crippen LogP contribution in [0, 0.1) is 5.82 Å². The van der Waals surface area contributed by atoms with Crippen LogP contribution in [0.1, 0.15) is 10.4 Å². The lowest BCUT2D eigenvalue weighted by Crippen LogP contribution is -2.31. The smallest absolute Gasteiger partial charge is 0.488 e. The number of aromatic carboxylic acids is 1. The zero-order valence-electron chi connectivity index (χ0n) is 7.77. The predicted octanol–water partition coefficient (Wildman–Crippen LogP) is -0.788. The summed E-state index contributed by atoms with van der Waals surface area (Å²) in [5.74, 6) is -2.80. The molecule has 5 nitrogen and oxygen atoms in total. The maximum absolute atomic E-state index is 13.2. The molecular formula is C8H8BFO5.